The minimum atomic E-state index is -1.72. The van der Waals surface area contributed by atoms with Crippen molar-refractivity contribution >= 4 is 25.9 Å². The fourth-order valence-electron chi connectivity index (χ4n) is 6.11. The van der Waals surface area contributed by atoms with Crippen molar-refractivity contribution in [3.8, 4) is 0 Å². The molecule has 0 saturated carbocycles. The topological polar surface area (TPSA) is 0 Å². The van der Waals surface area contributed by atoms with Crippen LogP contribution in [0, 0.1) is 10.8 Å². The summed E-state index contributed by atoms with van der Waals surface area (Å²) in [7, 11) is 0. The third-order valence-electron chi connectivity index (χ3n) is 8.16. The Balaban J connectivity index is 2.23. The summed E-state index contributed by atoms with van der Waals surface area (Å²) in [6.07, 6.45) is 0. The molecule has 26 heavy (non-hydrogen) atoms. The van der Waals surface area contributed by atoms with Crippen molar-refractivity contribution in [1.82, 2.24) is 0 Å². The molecule has 1 aromatic rings. The fraction of sp³-hybridized carbons (Fsp3) is 0.417. The van der Waals surface area contributed by atoms with Gasteiger partial charge in [-0.1, -0.05) is 0 Å². The number of hydrogen-bond donors (Lipinski definition) is 0. The Morgan fingerprint density at radius 2 is 1.04 bits per heavy atom. The Labute approximate surface area is 166 Å². The molecule has 2 atom stereocenters. The first kappa shape index (κ1) is 18.5. The second kappa shape index (κ2) is 5.35. The number of benzene rings is 1. The Hall–Kier alpha value is -0.871. The maximum atomic E-state index is 3.85. The molecular weight excluding hydrogens is 398 g/mol. The molecule has 0 aromatic heterocycles. The summed E-state index contributed by atoms with van der Waals surface area (Å²) in [4.78, 5) is 0. The average molecular weight is 427 g/mol. The average Bonchev–Trinajstić information content (AvgIpc) is 3.01. The van der Waals surface area contributed by atoms with E-state index in [1.54, 1.807) is 21.8 Å². The molecule has 136 valence electrons. The van der Waals surface area contributed by atoms with Crippen molar-refractivity contribution < 1.29 is 0 Å². The van der Waals surface area contributed by atoms with E-state index in [9.17, 15) is 0 Å². The molecule has 0 radical (unpaired) electrons. The quantitative estimate of drug-likeness (QED) is 0.346. The second-order valence-electron chi connectivity index (χ2n) is 8.64. The zero-order chi connectivity index (χ0) is 19.2. The summed E-state index contributed by atoms with van der Waals surface area (Å²) in [5, 5.41) is 4.87. The molecule has 1 heterocycles. The molecule has 4 rings (SSSR count). The van der Waals surface area contributed by atoms with Gasteiger partial charge in [-0.15, -0.1) is 0 Å². The van der Waals surface area contributed by atoms with Gasteiger partial charge in [0.1, 0.15) is 0 Å². The van der Waals surface area contributed by atoms with Gasteiger partial charge in [-0.3, -0.25) is 0 Å². The summed E-state index contributed by atoms with van der Waals surface area (Å²) in [5.41, 5.74) is 7.65. The van der Waals surface area contributed by atoms with Gasteiger partial charge >= 0.3 is 167 Å². The van der Waals surface area contributed by atoms with E-state index in [2.05, 4.69) is 101 Å². The molecule has 0 bridgehead atoms. The normalized spacial score (nSPS) is 32.8. The third kappa shape index (κ3) is 1.68. The van der Waals surface area contributed by atoms with Crippen LogP contribution in [0.3, 0.4) is 0 Å². The first-order valence-electron chi connectivity index (χ1n) is 9.51. The molecule has 0 amide bonds. The zero-order valence-electron chi connectivity index (χ0n) is 17.2. The molecule has 2 heteroatoms. The summed E-state index contributed by atoms with van der Waals surface area (Å²) in [5.74, 6) is 0. The van der Waals surface area contributed by atoms with E-state index < -0.39 is 5.51 Å². The van der Waals surface area contributed by atoms with Gasteiger partial charge in [-0.25, -0.2) is 0 Å². The van der Waals surface area contributed by atoms with E-state index in [0.29, 0.717) is 0 Å². The predicted octanol–water partition coefficient (Wildman–Crippen LogP) is 6.69. The maximum absolute atomic E-state index is 3.85. The first-order chi connectivity index (χ1) is 12.1. The van der Waals surface area contributed by atoms with Crippen LogP contribution < -0.4 is 5.30 Å². The standard InChI is InChI=1S/C24H29PSe/c1-14-16(3)21-23(7,18(14)5)24(8)19(6)15(2)17(4)22(24)25(21,26)20-12-10-9-11-13-20/h9-13H,1-8H3/t23-,24-/m1/s1. The molecule has 0 nitrogen and oxygen atoms in total. The van der Waals surface area contributed by atoms with Crippen molar-refractivity contribution in [2.75, 3.05) is 0 Å². The van der Waals surface area contributed by atoms with E-state index in [1.807, 2.05) is 0 Å². The predicted molar refractivity (Wildman–Crippen MR) is 117 cm³/mol. The Morgan fingerprint density at radius 3 is 1.42 bits per heavy atom. The molecular formula is C24H29PSe. The number of rotatable bonds is 1. The van der Waals surface area contributed by atoms with Crippen LogP contribution in [0.15, 0.2) is 74.4 Å². The van der Waals surface area contributed by atoms with Crippen LogP contribution in [-0.2, 0) is 0 Å². The van der Waals surface area contributed by atoms with Crippen LogP contribution >= 0.6 is 5.51 Å². The van der Waals surface area contributed by atoms with Gasteiger partial charge in [0.25, 0.3) is 0 Å². The van der Waals surface area contributed by atoms with Gasteiger partial charge in [-0.05, 0) is 0 Å². The number of allylic oxidation sites excluding steroid dienone is 8. The SMILES string of the molecule is CC1=C(C)[C@]2(C)C(=C1C)P(=[Se])(c1ccccc1)C1=C(C)C(C)=C(C)[C@]12C. The molecule has 1 saturated heterocycles. The summed E-state index contributed by atoms with van der Waals surface area (Å²) < 4.78 is 0. The van der Waals surface area contributed by atoms with Gasteiger partial charge in [-0.2, -0.15) is 0 Å². The van der Waals surface area contributed by atoms with Gasteiger partial charge in [0.05, 0.1) is 0 Å². The summed E-state index contributed by atoms with van der Waals surface area (Å²) >= 11 is 3.85. The zero-order valence-corrected chi connectivity index (χ0v) is 19.8. The molecule has 0 N–H and O–H groups in total. The number of hydrogen-bond acceptors (Lipinski definition) is 0. The Kier molecular flexibility index (Phi) is 3.80. The van der Waals surface area contributed by atoms with E-state index in [4.69, 9.17) is 0 Å². The molecule has 0 unspecified atom stereocenters. The van der Waals surface area contributed by atoms with E-state index in [0.717, 1.165) is 0 Å². The molecule has 1 fully saturated rings. The van der Waals surface area contributed by atoms with Crippen LogP contribution in [0.25, 0.3) is 0 Å². The molecule has 1 aliphatic heterocycles. The van der Waals surface area contributed by atoms with Crippen molar-refractivity contribution in [1.29, 1.82) is 0 Å². The molecule has 0 spiro atoms. The van der Waals surface area contributed by atoms with Crippen molar-refractivity contribution in [2.24, 2.45) is 10.8 Å². The van der Waals surface area contributed by atoms with E-state index in [-0.39, 0.29) is 10.8 Å². The van der Waals surface area contributed by atoms with Crippen molar-refractivity contribution in [3.05, 3.63) is 74.4 Å². The van der Waals surface area contributed by atoms with Crippen LogP contribution in [-0.4, -0.2) is 15.1 Å². The monoisotopic (exact) mass is 428 g/mol. The Bertz CT molecular complexity index is 969. The van der Waals surface area contributed by atoms with Gasteiger partial charge < -0.3 is 0 Å². The molecule has 1 aromatic carbocycles. The van der Waals surface area contributed by atoms with Crippen molar-refractivity contribution in [3.63, 3.8) is 0 Å². The van der Waals surface area contributed by atoms with Crippen LogP contribution in [0.1, 0.15) is 55.4 Å². The third-order valence-corrected chi connectivity index (χ3v) is 15.6. The molecule has 2 aliphatic carbocycles. The van der Waals surface area contributed by atoms with Crippen molar-refractivity contribution in [2.45, 2.75) is 55.4 Å². The van der Waals surface area contributed by atoms with Crippen LogP contribution in [0.5, 0.6) is 0 Å². The number of fused-ring (bicyclic) bond motifs is 3. The van der Waals surface area contributed by atoms with Gasteiger partial charge in [0.15, 0.2) is 0 Å². The van der Waals surface area contributed by atoms with Crippen LogP contribution in [0.2, 0.25) is 0 Å². The van der Waals surface area contributed by atoms with Crippen LogP contribution in [0.4, 0.5) is 0 Å². The first-order valence-corrected chi connectivity index (χ1v) is 13.5. The minimum absolute atomic E-state index is 0.0778. The molecule has 3 aliphatic rings. The second-order valence-corrected chi connectivity index (χ2v) is 14.7. The summed E-state index contributed by atoms with van der Waals surface area (Å²) in [6.45, 7) is 19.2. The van der Waals surface area contributed by atoms with E-state index in [1.165, 1.54) is 27.6 Å². The Morgan fingerprint density at radius 1 is 0.654 bits per heavy atom. The fourth-order valence-corrected chi connectivity index (χ4v) is 15.5. The van der Waals surface area contributed by atoms with Gasteiger partial charge in [0.2, 0.25) is 0 Å². The van der Waals surface area contributed by atoms with Gasteiger partial charge in [0, 0.05) is 0 Å². The summed E-state index contributed by atoms with van der Waals surface area (Å²) in [6, 6.07) is 11.3. The van der Waals surface area contributed by atoms with E-state index >= 15 is 0 Å².